The van der Waals surface area contributed by atoms with Gasteiger partial charge >= 0.3 is 0 Å². The number of hydrogen-bond donors (Lipinski definition) is 0. The van der Waals surface area contributed by atoms with Crippen LogP contribution in [0, 0.1) is 0 Å². The van der Waals surface area contributed by atoms with Crippen LogP contribution in [0.4, 0.5) is 5.69 Å². The molecule has 2 fully saturated rings. The van der Waals surface area contributed by atoms with E-state index >= 15 is 0 Å². The number of hydrogen-bond acceptors (Lipinski definition) is 3. The molecule has 1 aromatic carbocycles. The topological polar surface area (TPSA) is 43.9 Å². The van der Waals surface area contributed by atoms with Crippen LogP contribution in [0.5, 0.6) is 0 Å². The summed E-state index contributed by atoms with van der Waals surface area (Å²) in [5.74, 6) is 0.128. The predicted molar refractivity (Wildman–Crippen MR) is 94.9 cm³/mol. The van der Waals surface area contributed by atoms with Crippen molar-refractivity contribution < 1.29 is 9.59 Å². The van der Waals surface area contributed by atoms with Crippen molar-refractivity contribution in [2.24, 2.45) is 0 Å². The molecule has 1 atom stereocenters. The first-order valence-corrected chi connectivity index (χ1v) is 9.01. The van der Waals surface area contributed by atoms with Gasteiger partial charge in [0.1, 0.15) is 6.04 Å². The third-order valence-corrected chi connectivity index (χ3v) is 5.19. The smallest absolute Gasteiger partial charge is 0.249 e. The molecule has 0 spiro atoms. The highest BCUT2D eigenvalue weighted by Crippen LogP contribution is 2.22. The van der Waals surface area contributed by atoms with Crippen molar-refractivity contribution in [2.75, 3.05) is 38.1 Å². The summed E-state index contributed by atoms with van der Waals surface area (Å²) in [4.78, 5) is 31.1. The van der Waals surface area contributed by atoms with Crippen molar-refractivity contribution in [3.63, 3.8) is 0 Å². The number of likely N-dealkylation sites (tertiary alicyclic amines) is 2. The maximum absolute atomic E-state index is 13.2. The number of para-hydroxylation sites is 1. The first kappa shape index (κ1) is 17.0. The number of carbonyl (C=O) groups is 2. The van der Waals surface area contributed by atoms with E-state index in [4.69, 9.17) is 0 Å². The fourth-order valence-corrected chi connectivity index (χ4v) is 3.68. The van der Waals surface area contributed by atoms with Crippen LogP contribution >= 0.6 is 0 Å². The van der Waals surface area contributed by atoms with Crippen molar-refractivity contribution in [1.29, 1.82) is 0 Å². The first-order valence-electron chi connectivity index (χ1n) is 9.01. The van der Waals surface area contributed by atoms with Gasteiger partial charge in [0.05, 0.1) is 0 Å². The predicted octanol–water partition coefficient (Wildman–Crippen LogP) is 2.13. The summed E-state index contributed by atoms with van der Waals surface area (Å²) < 4.78 is 0. The van der Waals surface area contributed by atoms with Gasteiger partial charge in [-0.15, -0.1) is 0 Å². The van der Waals surface area contributed by atoms with E-state index in [0.29, 0.717) is 13.0 Å². The zero-order chi connectivity index (χ0) is 16.9. The summed E-state index contributed by atoms with van der Waals surface area (Å²) in [5.41, 5.74) is 0.924. The van der Waals surface area contributed by atoms with Crippen molar-refractivity contribution in [3.8, 4) is 0 Å². The maximum atomic E-state index is 13.2. The van der Waals surface area contributed by atoms with E-state index in [9.17, 15) is 9.59 Å². The van der Waals surface area contributed by atoms with Gasteiger partial charge in [0.2, 0.25) is 11.8 Å². The van der Waals surface area contributed by atoms with E-state index in [1.54, 1.807) is 11.9 Å². The van der Waals surface area contributed by atoms with Gasteiger partial charge in [0.15, 0.2) is 0 Å². The van der Waals surface area contributed by atoms with E-state index in [1.807, 2.05) is 35.2 Å². The number of piperidine rings is 1. The molecule has 0 aromatic heterocycles. The van der Waals surface area contributed by atoms with Gasteiger partial charge in [-0.1, -0.05) is 18.2 Å². The molecule has 2 amide bonds. The Labute approximate surface area is 144 Å². The molecule has 24 heavy (non-hydrogen) atoms. The Kier molecular flexibility index (Phi) is 5.51. The van der Waals surface area contributed by atoms with Crippen LogP contribution in [0.2, 0.25) is 0 Å². The van der Waals surface area contributed by atoms with Crippen LogP contribution < -0.4 is 4.90 Å². The third-order valence-electron chi connectivity index (χ3n) is 5.19. The minimum Gasteiger partial charge on any atom is -0.334 e. The fraction of sp³-hybridized carbons (Fsp3) is 0.579. The normalized spacial score (nSPS) is 22.0. The van der Waals surface area contributed by atoms with Gasteiger partial charge in [0, 0.05) is 32.2 Å². The molecule has 2 saturated heterocycles. The van der Waals surface area contributed by atoms with Crippen LogP contribution in [0.1, 0.15) is 32.1 Å². The number of rotatable bonds is 5. The molecule has 0 bridgehead atoms. The Morgan fingerprint density at radius 2 is 1.88 bits per heavy atom. The van der Waals surface area contributed by atoms with Gasteiger partial charge in [-0.05, 0) is 50.9 Å². The molecule has 0 aliphatic carbocycles. The highest BCUT2D eigenvalue weighted by atomic mass is 16.2. The lowest BCUT2D eigenvalue weighted by molar-refractivity contribution is -0.140. The number of nitrogens with zero attached hydrogens (tertiary/aromatic N) is 3. The molecule has 1 unspecified atom stereocenters. The van der Waals surface area contributed by atoms with E-state index in [2.05, 4.69) is 4.90 Å². The summed E-state index contributed by atoms with van der Waals surface area (Å²) in [6.07, 6.45) is 4.61. The highest BCUT2D eigenvalue weighted by molar-refractivity contribution is 5.99. The lowest BCUT2D eigenvalue weighted by Crippen LogP contribution is -2.52. The van der Waals surface area contributed by atoms with E-state index in [1.165, 1.54) is 12.8 Å². The molecule has 0 N–H and O–H groups in total. The molecule has 3 rings (SSSR count). The minimum absolute atomic E-state index is 0.0518. The molecule has 0 saturated carbocycles. The maximum Gasteiger partial charge on any atom is 0.249 e. The van der Waals surface area contributed by atoms with Crippen molar-refractivity contribution in [3.05, 3.63) is 30.3 Å². The Hall–Kier alpha value is -1.88. The van der Waals surface area contributed by atoms with Gasteiger partial charge < -0.3 is 14.7 Å². The Morgan fingerprint density at radius 3 is 2.58 bits per heavy atom. The monoisotopic (exact) mass is 329 g/mol. The molecular weight excluding hydrogens is 302 g/mol. The quantitative estimate of drug-likeness (QED) is 0.831. The zero-order valence-corrected chi connectivity index (χ0v) is 14.5. The molecule has 1 aromatic rings. The number of likely N-dealkylation sites (N-methyl/N-ethyl adjacent to an activating group) is 1. The second-order valence-electron chi connectivity index (χ2n) is 6.79. The largest absolute Gasteiger partial charge is 0.334 e. The standard InChI is InChI=1S/C19H27N3O2/c1-20-17(10-7-11-18(20)23)19(24)22(16-8-3-2-4-9-16)15-14-21-12-5-6-13-21/h2-4,8-9,17H,5-7,10-15H2,1H3. The third kappa shape index (κ3) is 3.78. The average Bonchev–Trinajstić information content (AvgIpc) is 3.12. The number of carbonyl (C=O) groups excluding carboxylic acids is 2. The summed E-state index contributed by atoms with van der Waals surface area (Å²) in [7, 11) is 1.76. The second-order valence-corrected chi connectivity index (χ2v) is 6.79. The van der Waals surface area contributed by atoms with Crippen LogP contribution in [0.3, 0.4) is 0 Å². The number of amides is 2. The van der Waals surface area contributed by atoms with E-state index < -0.39 is 0 Å². The zero-order valence-electron chi connectivity index (χ0n) is 14.5. The number of benzene rings is 1. The van der Waals surface area contributed by atoms with Gasteiger partial charge in [-0.25, -0.2) is 0 Å². The summed E-state index contributed by atoms with van der Waals surface area (Å²) >= 11 is 0. The molecule has 5 nitrogen and oxygen atoms in total. The van der Waals surface area contributed by atoms with Crippen LogP contribution in [0.15, 0.2) is 30.3 Å². The first-order chi connectivity index (χ1) is 11.7. The molecule has 0 radical (unpaired) electrons. The average molecular weight is 329 g/mol. The lowest BCUT2D eigenvalue weighted by Gasteiger charge is -2.36. The molecule has 2 aliphatic heterocycles. The molecule has 5 heteroatoms. The Balaban J connectivity index is 1.75. The summed E-state index contributed by atoms with van der Waals surface area (Å²) in [6.45, 7) is 3.82. The fourth-order valence-electron chi connectivity index (χ4n) is 3.68. The van der Waals surface area contributed by atoms with Crippen molar-refractivity contribution in [2.45, 2.75) is 38.1 Å². The SMILES string of the molecule is CN1C(=O)CCCC1C(=O)N(CCN1CCCC1)c1ccccc1. The Bertz CT molecular complexity index is 569. The van der Waals surface area contributed by atoms with Gasteiger partial charge in [-0.3, -0.25) is 9.59 Å². The summed E-state index contributed by atoms with van der Waals surface area (Å²) in [6, 6.07) is 9.51. The van der Waals surface area contributed by atoms with Gasteiger partial charge in [0.25, 0.3) is 0 Å². The van der Waals surface area contributed by atoms with Crippen molar-refractivity contribution in [1.82, 2.24) is 9.80 Å². The molecule has 2 aliphatic rings. The van der Waals surface area contributed by atoms with Crippen LogP contribution in [0.25, 0.3) is 0 Å². The lowest BCUT2D eigenvalue weighted by atomic mass is 10.0. The van der Waals surface area contributed by atoms with Crippen LogP contribution in [-0.2, 0) is 9.59 Å². The minimum atomic E-state index is -0.329. The van der Waals surface area contributed by atoms with Gasteiger partial charge in [-0.2, -0.15) is 0 Å². The highest BCUT2D eigenvalue weighted by Gasteiger charge is 2.34. The van der Waals surface area contributed by atoms with Crippen molar-refractivity contribution >= 4 is 17.5 Å². The molecule has 130 valence electrons. The second kappa shape index (κ2) is 7.79. The van der Waals surface area contributed by atoms with Crippen LogP contribution in [-0.4, -0.2) is 60.9 Å². The van der Waals surface area contributed by atoms with E-state index in [-0.39, 0.29) is 17.9 Å². The number of anilines is 1. The van der Waals surface area contributed by atoms with E-state index in [0.717, 1.165) is 38.2 Å². The molecule has 2 heterocycles. The molecular formula is C19H27N3O2. The Morgan fingerprint density at radius 1 is 1.17 bits per heavy atom. The summed E-state index contributed by atoms with van der Waals surface area (Å²) in [5, 5.41) is 0.